The van der Waals surface area contributed by atoms with Crippen molar-refractivity contribution in [2.45, 2.75) is 39.5 Å². The van der Waals surface area contributed by atoms with Crippen LogP contribution in [0.4, 0.5) is 0 Å². The maximum absolute atomic E-state index is 5.73. The van der Waals surface area contributed by atoms with E-state index in [2.05, 4.69) is 25.6 Å². The lowest BCUT2D eigenvalue weighted by molar-refractivity contribution is 0.167. The molecule has 2 atom stereocenters. The fourth-order valence-corrected chi connectivity index (χ4v) is 3.90. The topological polar surface area (TPSA) is 26.0 Å². The Kier molecular flexibility index (Phi) is 4.60. The summed E-state index contributed by atoms with van der Waals surface area (Å²) in [6.45, 7) is 5.58. The Bertz CT molecular complexity index is 136. The van der Waals surface area contributed by atoms with E-state index in [4.69, 9.17) is 5.73 Å². The normalized spacial score (nSPS) is 31.6. The first-order valence-electron chi connectivity index (χ1n) is 5.53. The molecule has 1 saturated heterocycles. The van der Waals surface area contributed by atoms with Crippen LogP contribution < -0.4 is 5.73 Å². The van der Waals surface area contributed by atoms with Gasteiger partial charge in [-0.1, -0.05) is 20.3 Å². The molecule has 1 heterocycles. The van der Waals surface area contributed by atoms with Gasteiger partial charge in [-0.3, -0.25) is 0 Å². The molecular formula is C11H23NS. The highest BCUT2D eigenvalue weighted by molar-refractivity contribution is 7.99. The predicted molar refractivity (Wildman–Crippen MR) is 62.1 cm³/mol. The Morgan fingerprint density at radius 1 is 1.54 bits per heavy atom. The molecule has 13 heavy (non-hydrogen) atoms. The van der Waals surface area contributed by atoms with E-state index in [0.717, 1.165) is 12.5 Å². The minimum absolute atomic E-state index is 0.576. The Labute approximate surface area is 86.8 Å². The van der Waals surface area contributed by atoms with Crippen LogP contribution in [-0.4, -0.2) is 18.1 Å². The van der Waals surface area contributed by atoms with Crippen LogP contribution in [0.1, 0.15) is 39.5 Å². The van der Waals surface area contributed by atoms with Gasteiger partial charge < -0.3 is 5.73 Å². The van der Waals surface area contributed by atoms with Gasteiger partial charge >= 0.3 is 0 Å². The molecule has 0 spiro atoms. The van der Waals surface area contributed by atoms with Gasteiger partial charge in [0.25, 0.3) is 0 Å². The van der Waals surface area contributed by atoms with Crippen molar-refractivity contribution in [3.05, 3.63) is 0 Å². The Hall–Kier alpha value is 0.310. The molecule has 1 rings (SSSR count). The van der Waals surface area contributed by atoms with E-state index in [1.54, 1.807) is 0 Å². The average Bonchev–Trinajstić information content (AvgIpc) is 2.18. The van der Waals surface area contributed by atoms with E-state index in [1.807, 2.05) is 0 Å². The van der Waals surface area contributed by atoms with Crippen molar-refractivity contribution < 1.29 is 0 Å². The van der Waals surface area contributed by atoms with E-state index in [9.17, 15) is 0 Å². The molecule has 2 heteroatoms. The zero-order valence-corrected chi connectivity index (χ0v) is 9.83. The lowest BCUT2D eigenvalue weighted by atomic mass is 9.71. The van der Waals surface area contributed by atoms with Gasteiger partial charge in [-0.05, 0) is 48.6 Å². The van der Waals surface area contributed by atoms with Crippen molar-refractivity contribution in [3.8, 4) is 0 Å². The van der Waals surface area contributed by atoms with Crippen LogP contribution in [0.2, 0.25) is 0 Å². The third-order valence-electron chi connectivity index (χ3n) is 3.65. The molecule has 0 aliphatic carbocycles. The molecule has 78 valence electrons. The van der Waals surface area contributed by atoms with E-state index in [1.165, 1.54) is 37.2 Å². The SMILES string of the molecule is CCC(C)C1(CCN)CCCSC1. The van der Waals surface area contributed by atoms with Gasteiger partial charge in [-0.15, -0.1) is 0 Å². The largest absolute Gasteiger partial charge is 0.330 e. The lowest BCUT2D eigenvalue weighted by Gasteiger charge is -2.41. The summed E-state index contributed by atoms with van der Waals surface area (Å²) in [5.41, 5.74) is 6.30. The summed E-state index contributed by atoms with van der Waals surface area (Å²) < 4.78 is 0. The van der Waals surface area contributed by atoms with Crippen LogP contribution in [0, 0.1) is 11.3 Å². The molecular weight excluding hydrogens is 178 g/mol. The molecule has 2 N–H and O–H groups in total. The van der Waals surface area contributed by atoms with E-state index < -0.39 is 0 Å². The molecule has 0 bridgehead atoms. The molecule has 0 radical (unpaired) electrons. The first-order chi connectivity index (χ1) is 6.25. The molecule has 1 aliphatic heterocycles. The van der Waals surface area contributed by atoms with Gasteiger partial charge in [0.2, 0.25) is 0 Å². The molecule has 0 aromatic heterocycles. The fourth-order valence-electron chi connectivity index (χ4n) is 2.43. The maximum Gasteiger partial charge on any atom is -0.000778 e. The second kappa shape index (κ2) is 5.26. The van der Waals surface area contributed by atoms with Crippen LogP contribution in [0.25, 0.3) is 0 Å². The predicted octanol–water partition coefficient (Wildman–Crippen LogP) is 2.89. The van der Waals surface area contributed by atoms with Crippen LogP contribution in [0.15, 0.2) is 0 Å². The number of nitrogens with two attached hydrogens (primary N) is 1. The molecule has 1 nitrogen and oxygen atoms in total. The highest BCUT2D eigenvalue weighted by atomic mass is 32.2. The zero-order chi connectivity index (χ0) is 9.73. The highest BCUT2D eigenvalue weighted by Gasteiger charge is 2.35. The highest BCUT2D eigenvalue weighted by Crippen LogP contribution is 2.44. The van der Waals surface area contributed by atoms with Crippen molar-refractivity contribution in [2.24, 2.45) is 17.1 Å². The Morgan fingerprint density at radius 3 is 2.77 bits per heavy atom. The van der Waals surface area contributed by atoms with Gasteiger partial charge in [-0.25, -0.2) is 0 Å². The van der Waals surface area contributed by atoms with Crippen molar-refractivity contribution >= 4 is 11.8 Å². The summed E-state index contributed by atoms with van der Waals surface area (Å²) in [5, 5.41) is 0. The summed E-state index contributed by atoms with van der Waals surface area (Å²) >= 11 is 2.13. The first-order valence-corrected chi connectivity index (χ1v) is 6.68. The van der Waals surface area contributed by atoms with Gasteiger partial charge in [0.05, 0.1) is 0 Å². The first kappa shape index (κ1) is 11.4. The standard InChI is InChI=1S/C11H23NS/c1-3-10(2)11(6-7-12)5-4-8-13-9-11/h10H,3-9,12H2,1-2H3. The molecule has 0 aromatic rings. The quantitative estimate of drug-likeness (QED) is 0.757. The Balaban J connectivity index is 2.60. The van der Waals surface area contributed by atoms with E-state index in [0.29, 0.717) is 5.41 Å². The van der Waals surface area contributed by atoms with Crippen molar-refractivity contribution in [1.82, 2.24) is 0 Å². The monoisotopic (exact) mass is 201 g/mol. The lowest BCUT2D eigenvalue weighted by Crippen LogP contribution is -2.36. The molecule has 0 aromatic carbocycles. The molecule has 2 unspecified atom stereocenters. The van der Waals surface area contributed by atoms with E-state index >= 15 is 0 Å². The minimum Gasteiger partial charge on any atom is -0.330 e. The average molecular weight is 201 g/mol. The fraction of sp³-hybridized carbons (Fsp3) is 1.00. The van der Waals surface area contributed by atoms with Crippen LogP contribution in [0.3, 0.4) is 0 Å². The summed E-state index contributed by atoms with van der Waals surface area (Å²) in [6, 6.07) is 0. The number of rotatable bonds is 4. The molecule has 0 amide bonds. The van der Waals surface area contributed by atoms with Gasteiger partial charge in [-0.2, -0.15) is 11.8 Å². The van der Waals surface area contributed by atoms with Crippen LogP contribution >= 0.6 is 11.8 Å². The van der Waals surface area contributed by atoms with Gasteiger partial charge in [0, 0.05) is 0 Å². The van der Waals surface area contributed by atoms with Crippen LogP contribution in [-0.2, 0) is 0 Å². The van der Waals surface area contributed by atoms with Gasteiger partial charge in [0.15, 0.2) is 0 Å². The second-order valence-corrected chi connectivity index (χ2v) is 5.47. The summed E-state index contributed by atoms with van der Waals surface area (Å²) in [6.07, 6.45) is 5.34. The van der Waals surface area contributed by atoms with E-state index in [-0.39, 0.29) is 0 Å². The number of hydrogen-bond donors (Lipinski definition) is 1. The summed E-state index contributed by atoms with van der Waals surface area (Å²) in [7, 11) is 0. The van der Waals surface area contributed by atoms with Crippen molar-refractivity contribution in [1.29, 1.82) is 0 Å². The molecule has 1 aliphatic rings. The third-order valence-corrected chi connectivity index (χ3v) is 5.01. The Morgan fingerprint density at radius 2 is 2.31 bits per heavy atom. The van der Waals surface area contributed by atoms with Crippen LogP contribution in [0.5, 0.6) is 0 Å². The zero-order valence-electron chi connectivity index (χ0n) is 9.01. The molecule has 0 saturated carbocycles. The smallest absolute Gasteiger partial charge is 0.000778 e. The van der Waals surface area contributed by atoms with Gasteiger partial charge in [0.1, 0.15) is 0 Å². The van der Waals surface area contributed by atoms with Crippen molar-refractivity contribution in [2.75, 3.05) is 18.1 Å². The number of thioether (sulfide) groups is 1. The molecule has 1 fully saturated rings. The summed E-state index contributed by atoms with van der Waals surface area (Å²) in [4.78, 5) is 0. The second-order valence-electron chi connectivity index (χ2n) is 4.37. The number of hydrogen-bond acceptors (Lipinski definition) is 2. The third kappa shape index (κ3) is 2.63. The summed E-state index contributed by atoms with van der Waals surface area (Å²) in [5.74, 6) is 3.56. The minimum atomic E-state index is 0.576. The maximum atomic E-state index is 5.73. The van der Waals surface area contributed by atoms with Crippen molar-refractivity contribution in [3.63, 3.8) is 0 Å².